The number of aliphatic hydroxyl groups excluding tert-OH is 1. The predicted molar refractivity (Wildman–Crippen MR) is 130 cm³/mol. The maximum absolute atomic E-state index is 11.9. The Kier molecular flexibility index (Phi) is 18.5. The van der Waals surface area contributed by atoms with Gasteiger partial charge in [-0.15, -0.1) is 0 Å². The fourth-order valence-corrected chi connectivity index (χ4v) is 4.26. The molecule has 0 fully saturated rings. The van der Waals surface area contributed by atoms with Gasteiger partial charge in [0.05, 0.1) is 33.9 Å². The summed E-state index contributed by atoms with van der Waals surface area (Å²) in [4.78, 5) is 9.76. The van der Waals surface area contributed by atoms with E-state index in [9.17, 15) is 14.6 Å². The predicted octanol–water partition coefficient (Wildman–Crippen LogP) is 6.30. The summed E-state index contributed by atoms with van der Waals surface area (Å²) in [6.45, 7) is 4.91. The molecule has 0 aromatic carbocycles. The van der Waals surface area contributed by atoms with Crippen LogP contribution in [0.3, 0.4) is 0 Å². The average molecular weight is 467 g/mol. The molecule has 188 valence electrons. The molecule has 0 aromatic rings. The number of likely N-dealkylation sites (N-methyl/N-ethyl adjacent to an activating group) is 1. The van der Waals surface area contributed by atoms with Gasteiger partial charge in [0.2, 0.25) is 0 Å². The normalized spacial score (nSPS) is 16.2. The van der Waals surface area contributed by atoms with Gasteiger partial charge in [-0.25, -0.2) is 4.57 Å². The molecular weight excluding hydrogens is 413 g/mol. The van der Waals surface area contributed by atoms with Crippen LogP contribution >= 0.6 is 7.82 Å². The van der Waals surface area contributed by atoms with Crippen molar-refractivity contribution in [1.29, 1.82) is 0 Å². The SMILES string of the molecule is CCCCCCCCCCCCCCC[C@@H](O)[C@@H](C)COP(=O)(O)OCC[N+](C)(C)C. The third-order valence-electron chi connectivity index (χ3n) is 5.78. The van der Waals surface area contributed by atoms with Gasteiger partial charge < -0.3 is 14.5 Å². The second-order valence-corrected chi connectivity index (χ2v) is 11.6. The minimum atomic E-state index is -4.05. The second-order valence-electron chi connectivity index (χ2n) is 10.2. The molecule has 31 heavy (non-hydrogen) atoms. The van der Waals surface area contributed by atoms with Gasteiger partial charge >= 0.3 is 7.82 Å². The lowest BCUT2D eigenvalue weighted by atomic mass is 9.99. The minimum Gasteiger partial charge on any atom is -0.393 e. The summed E-state index contributed by atoms with van der Waals surface area (Å²) >= 11 is 0. The van der Waals surface area contributed by atoms with Crippen molar-refractivity contribution in [2.75, 3.05) is 40.9 Å². The summed E-state index contributed by atoms with van der Waals surface area (Å²) in [5, 5.41) is 10.3. The quantitative estimate of drug-likeness (QED) is 0.111. The van der Waals surface area contributed by atoms with E-state index in [1.165, 1.54) is 70.6 Å². The standard InChI is InChI=1S/C24H52NO5P/c1-6-7-8-9-10-11-12-13-14-15-16-17-18-19-24(26)23(2)22-30-31(27,28)29-21-20-25(3,4)5/h23-24,26H,6-22H2,1-5H3/p+1/t23-,24+/m0/s1. The number of unbranched alkanes of at least 4 members (excludes halogenated alkanes) is 12. The van der Waals surface area contributed by atoms with E-state index in [-0.39, 0.29) is 19.1 Å². The largest absolute Gasteiger partial charge is 0.472 e. The van der Waals surface area contributed by atoms with Crippen LogP contribution in [0, 0.1) is 5.92 Å². The van der Waals surface area contributed by atoms with Crippen molar-refractivity contribution >= 4 is 7.82 Å². The highest BCUT2D eigenvalue weighted by molar-refractivity contribution is 7.47. The van der Waals surface area contributed by atoms with Crippen LogP contribution in [0.1, 0.15) is 104 Å². The molecule has 0 aliphatic carbocycles. The molecule has 2 N–H and O–H groups in total. The van der Waals surface area contributed by atoms with Crippen LogP contribution in [-0.4, -0.2) is 61.5 Å². The number of hydrogen-bond acceptors (Lipinski definition) is 4. The minimum absolute atomic E-state index is 0.0256. The molecule has 7 heteroatoms. The molecule has 0 spiro atoms. The van der Waals surface area contributed by atoms with Gasteiger partial charge in [0.1, 0.15) is 13.2 Å². The van der Waals surface area contributed by atoms with Crippen molar-refractivity contribution in [3.8, 4) is 0 Å². The monoisotopic (exact) mass is 466 g/mol. The molecule has 0 aromatic heterocycles. The maximum Gasteiger partial charge on any atom is 0.472 e. The van der Waals surface area contributed by atoms with Gasteiger partial charge in [0, 0.05) is 5.92 Å². The zero-order valence-corrected chi connectivity index (χ0v) is 22.1. The van der Waals surface area contributed by atoms with Crippen LogP contribution in [-0.2, 0) is 13.6 Å². The van der Waals surface area contributed by atoms with Crippen LogP contribution in [0.15, 0.2) is 0 Å². The Morgan fingerprint density at radius 3 is 1.71 bits per heavy atom. The van der Waals surface area contributed by atoms with E-state index in [4.69, 9.17) is 9.05 Å². The van der Waals surface area contributed by atoms with E-state index in [0.717, 1.165) is 12.8 Å². The maximum atomic E-state index is 11.9. The zero-order valence-electron chi connectivity index (χ0n) is 21.2. The topological polar surface area (TPSA) is 76.0 Å². The summed E-state index contributed by atoms with van der Waals surface area (Å²) in [6, 6.07) is 0. The van der Waals surface area contributed by atoms with Crippen LogP contribution in [0.2, 0.25) is 0 Å². The van der Waals surface area contributed by atoms with Crippen LogP contribution in [0.25, 0.3) is 0 Å². The number of quaternary nitrogens is 1. The summed E-state index contributed by atoms with van der Waals surface area (Å²) in [7, 11) is 1.91. The first kappa shape index (κ1) is 31.0. The van der Waals surface area contributed by atoms with E-state index in [0.29, 0.717) is 17.4 Å². The summed E-state index contributed by atoms with van der Waals surface area (Å²) in [5.41, 5.74) is 0. The Bertz CT molecular complexity index is 456. The first-order valence-corrected chi connectivity index (χ1v) is 14.2. The van der Waals surface area contributed by atoms with E-state index >= 15 is 0 Å². The molecule has 0 rings (SSSR count). The molecule has 0 aliphatic rings. The second kappa shape index (κ2) is 18.5. The first-order valence-electron chi connectivity index (χ1n) is 12.7. The van der Waals surface area contributed by atoms with Crippen molar-refractivity contribution in [3.05, 3.63) is 0 Å². The Hall–Kier alpha value is 0.0300. The third kappa shape index (κ3) is 21.6. The number of nitrogens with zero attached hydrogens (tertiary/aromatic N) is 1. The number of phosphoric ester groups is 1. The summed E-state index contributed by atoms with van der Waals surface area (Å²) in [5.74, 6) is -0.195. The van der Waals surface area contributed by atoms with Crippen molar-refractivity contribution in [1.82, 2.24) is 0 Å². The molecule has 0 saturated carbocycles. The Balaban J connectivity index is 3.62. The third-order valence-corrected chi connectivity index (χ3v) is 6.76. The van der Waals surface area contributed by atoms with Gasteiger partial charge in [-0.05, 0) is 6.42 Å². The molecule has 0 saturated heterocycles. The molecule has 0 radical (unpaired) electrons. The highest BCUT2D eigenvalue weighted by Crippen LogP contribution is 2.43. The number of hydrogen-bond donors (Lipinski definition) is 2. The van der Waals surface area contributed by atoms with E-state index < -0.39 is 13.9 Å². The molecule has 0 heterocycles. The van der Waals surface area contributed by atoms with Crippen molar-refractivity contribution < 1.29 is 28.1 Å². The van der Waals surface area contributed by atoms with Crippen molar-refractivity contribution in [2.24, 2.45) is 5.92 Å². The molecule has 0 bridgehead atoms. The van der Waals surface area contributed by atoms with Gasteiger partial charge in [0.15, 0.2) is 0 Å². The highest BCUT2D eigenvalue weighted by atomic mass is 31.2. The molecule has 1 unspecified atom stereocenters. The van der Waals surface area contributed by atoms with Gasteiger partial charge in [0.25, 0.3) is 0 Å². The molecule has 0 aliphatic heterocycles. The Morgan fingerprint density at radius 1 is 0.806 bits per heavy atom. The first-order chi connectivity index (χ1) is 14.6. The molecule has 0 amide bonds. The van der Waals surface area contributed by atoms with Gasteiger partial charge in [-0.3, -0.25) is 9.05 Å². The van der Waals surface area contributed by atoms with Crippen molar-refractivity contribution in [2.45, 2.75) is 110 Å². The Labute approximate surface area is 192 Å². The molecule has 3 atom stereocenters. The van der Waals surface area contributed by atoms with Gasteiger partial charge in [-0.2, -0.15) is 0 Å². The summed E-state index contributed by atoms with van der Waals surface area (Å²) < 4.78 is 22.7. The van der Waals surface area contributed by atoms with E-state index in [1.807, 2.05) is 28.1 Å². The van der Waals surface area contributed by atoms with Crippen LogP contribution in [0.5, 0.6) is 0 Å². The lowest BCUT2D eigenvalue weighted by Crippen LogP contribution is -2.37. The van der Waals surface area contributed by atoms with Crippen LogP contribution < -0.4 is 0 Å². The smallest absolute Gasteiger partial charge is 0.393 e. The number of aliphatic hydroxyl groups is 1. The lowest BCUT2D eigenvalue weighted by Gasteiger charge is -2.24. The molecule has 6 nitrogen and oxygen atoms in total. The average Bonchev–Trinajstić information content (AvgIpc) is 2.68. The Morgan fingerprint density at radius 2 is 1.26 bits per heavy atom. The molecular formula is C24H53NO5P+. The fourth-order valence-electron chi connectivity index (χ4n) is 3.45. The highest BCUT2D eigenvalue weighted by Gasteiger charge is 2.25. The lowest BCUT2D eigenvalue weighted by molar-refractivity contribution is -0.870. The number of phosphoric acid groups is 1. The van der Waals surface area contributed by atoms with E-state index in [2.05, 4.69) is 6.92 Å². The fraction of sp³-hybridized carbons (Fsp3) is 1.00. The zero-order chi connectivity index (χ0) is 23.6. The van der Waals surface area contributed by atoms with Gasteiger partial charge in [-0.1, -0.05) is 97.3 Å². The van der Waals surface area contributed by atoms with E-state index in [1.54, 1.807) is 0 Å². The van der Waals surface area contributed by atoms with Crippen molar-refractivity contribution in [3.63, 3.8) is 0 Å². The number of rotatable bonds is 22. The summed E-state index contributed by atoms with van der Waals surface area (Å²) in [6.07, 6.45) is 17.1. The van der Waals surface area contributed by atoms with Crippen LogP contribution in [0.4, 0.5) is 0 Å².